The molecule has 114 valence electrons. The summed E-state index contributed by atoms with van der Waals surface area (Å²) in [4.78, 5) is 4.08. The Morgan fingerprint density at radius 1 is 1.35 bits per heavy atom. The minimum absolute atomic E-state index is 0.193. The summed E-state index contributed by atoms with van der Waals surface area (Å²) in [6, 6.07) is 0. The second kappa shape index (κ2) is 6.61. The van der Waals surface area contributed by atoms with Crippen molar-refractivity contribution in [1.29, 1.82) is 0 Å². The molecular weight excluding hydrogens is 269 g/mol. The predicted octanol–water partition coefficient (Wildman–Crippen LogP) is 4.01. The van der Waals surface area contributed by atoms with Crippen molar-refractivity contribution in [1.82, 2.24) is 10.3 Å². The molecule has 1 aliphatic rings. The largest absolute Gasteiger partial charge is 0.444 e. The number of halogens is 3. The van der Waals surface area contributed by atoms with Crippen LogP contribution >= 0.6 is 0 Å². The van der Waals surface area contributed by atoms with E-state index in [0.717, 1.165) is 19.4 Å². The normalized spacial score (nSPS) is 24.0. The van der Waals surface area contributed by atoms with Gasteiger partial charge >= 0.3 is 6.18 Å². The van der Waals surface area contributed by atoms with E-state index in [9.17, 15) is 13.2 Å². The summed E-state index contributed by atoms with van der Waals surface area (Å²) in [5.74, 6) is -1.00. The lowest BCUT2D eigenvalue weighted by atomic mass is 9.77. The van der Waals surface area contributed by atoms with Gasteiger partial charge in [-0.1, -0.05) is 19.8 Å². The lowest BCUT2D eigenvalue weighted by Gasteiger charge is -2.31. The standard InChI is InChI=1S/C14H21F3N2O/c1-2-7-18-9-13-19-8-12(20-13)10-5-3-4-6-11(10)14(15,16)17/h8,10-11,18H,2-7,9H2,1H3. The molecule has 0 bridgehead atoms. The van der Waals surface area contributed by atoms with Gasteiger partial charge in [0.15, 0.2) is 0 Å². The van der Waals surface area contributed by atoms with E-state index in [1.54, 1.807) is 0 Å². The maximum atomic E-state index is 13.1. The molecule has 1 heterocycles. The first-order chi connectivity index (χ1) is 9.52. The van der Waals surface area contributed by atoms with Crippen molar-refractivity contribution >= 4 is 0 Å². The van der Waals surface area contributed by atoms with E-state index >= 15 is 0 Å². The molecule has 0 spiro atoms. The molecule has 0 aliphatic heterocycles. The monoisotopic (exact) mass is 290 g/mol. The lowest BCUT2D eigenvalue weighted by molar-refractivity contribution is -0.188. The molecule has 1 aromatic heterocycles. The number of nitrogens with one attached hydrogen (secondary N) is 1. The number of oxazole rings is 1. The second-order valence-corrected chi connectivity index (χ2v) is 5.37. The molecule has 3 nitrogen and oxygen atoms in total. The number of hydrogen-bond acceptors (Lipinski definition) is 3. The maximum absolute atomic E-state index is 13.1. The number of aromatic nitrogens is 1. The molecular formula is C14H21F3N2O. The molecule has 1 aliphatic carbocycles. The molecule has 0 saturated heterocycles. The highest BCUT2D eigenvalue weighted by molar-refractivity contribution is 5.06. The number of rotatable bonds is 5. The zero-order valence-corrected chi connectivity index (χ0v) is 11.7. The Morgan fingerprint density at radius 3 is 2.80 bits per heavy atom. The summed E-state index contributed by atoms with van der Waals surface area (Å²) < 4.78 is 44.7. The summed E-state index contributed by atoms with van der Waals surface area (Å²) in [6.07, 6.45) is 0.489. The van der Waals surface area contributed by atoms with E-state index in [1.807, 2.05) is 6.92 Å². The minimum atomic E-state index is -4.15. The summed E-state index contributed by atoms with van der Waals surface area (Å²) in [6.45, 7) is 3.35. The first-order valence-corrected chi connectivity index (χ1v) is 7.24. The van der Waals surface area contributed by atoms with Crippen molar-refractivity contribution in [3.63, 3.8) is 0 Å². The molecule has 2 unspecified atom stereocenters. The second-order valence-electron chi connectivity index (χ2n) is 5.37. The average Bonchev–Trinajstić information content (AvgIpc) is 2.87. The molecule has 20 heavy (non-hydrogen) atoms. The van der Waals surface area contributed by atoms with E-state index in [-0.39, 0.29) is 6.42 Å². The Balaban J connectivity index is 2.05. The number of nitrogens with zero attached hydrogens (tertiary/aromatic N) is 1. The van der Waals surface area contributed by atoms with Crippen LogP contribution in [0.2, 0.25) is 0 Å². The number of hydrogen-bond donors (Lipinski definition) is 1. The molecule has 0 aromatic carbocycles. The smallest absolute Gasteiger partial charge is 0.392 e. The van der Waals surface area contributed by atoms with Gasteiger partial charge in [-0.2, -0.15) is 13.2 Å². The van der Waals surface area contributed by atoms with E-state index in [2.05, 4.69) is 10.3 Å². The van der Waals surface area contributed by atoms with Crippen LogP contribution in [0.15, 0.2) is 10.6 Å². The fraction of sp³-hybridized carbons (Fsp3) is 0.786. The zero-order chi connectivity index (χ0) is 14.6. The van der Waals surface area contributed by atoms with Gasteiger partial charge in [0, 0.05) is 5.92 Å². The van der Waals surface area contributed by atoms with Crippen LogP contribution in [-0.2, 0) is 6.54 Å². The molecule has 2 atom stereocenters. The quantitative estimate of drug-likeness (QED) is 0.833. The SMILES string of the molecule is CCCNCc1ncc(C2CCCCC2C(F)(F)F)o1. The van der Waals surface area contributed by atoms with Gasteiger partial charge in [-0.3, -0.25) is 0 Å². The van der Waals surface area contributed by atoms with Crippen LogP contribution in [0, 0.1) is 5.92 Å². The van der Waals surface area contributed by atoms with Crippen molar-refractivity contribution in [3.8, 4) is 0 Å². The fourth-order valence-corrected chi connectivity index (χ4v) is 2.81. The van der Waals surface area contributed by atoms with Gasteiger partial charge in [0.25, 0.3) is 0 Å². The molecule has 1 aromatic rings. The van der Waals surface area contributed by atoms with Crippen molar-refractivity contribution in [2.24, 2.45) is 5.92 Å². The van der Waals surface area contributed by atoms with Crippen molar-refractivity contribution in [2.75, 3.05) is 6.54 Å². The summed E-state index contributed by atoms with van der Waals surface area (Å²) in [7, 11) is 0. The van der Waals surface area contributed by atoms with Gasteiger partial charge in [-0.25, -0.2) is 4.98 Å². The highest BCUT2D eigenvalue weighted by Crippen LogP contribution is 2.46. The first-order valence-electron chi connectivity index (χ1n) is 7.24. The van der Waals surface area contributed by atoms with Crippen LogP contribution < -0.4 is 5.32 Å². The third kappa shape index (κ3) is 3.75. The van der Waals surface area contributed by atoms with Gasteiger partial charge in [0.05, 0.1) is 18.7 Å². The van der Waals surface area contributed by atoms with Gasteiger partial charge in [-0.15, -0.1) is 0 Å². The van der Waals surface area contributed by atoms with Gasteiger partial charge in [0.1, 0.15) is 5.76 Å². The molecule has 1 saturated carbocycles. The van der Waals surface area contributed by atoms with Crippen LogP contribution in [0.3, 0.4) is 0 Å². The summed E-state index contributed by atoms with van der Waals surface area (Å²) >= 11 is 0. The molecule has 2 rings (SSSR count). The van der Waals surface area contributed by atoms with Crippen LogP contribution in [0.4, 0.5) is 13.2 Å². The van der Waals surface area contributed by atoms with E-state index in [4.69, 9.17) is 4.42 Å². The Bertz CT molecular complexity index is 417. The van der Waals surface area contributed by atoms with Crippen LogP contribution in [0.25, 0.3) is 0 Å². The topological polar surface area (TPSA) is 38.1 Å². The third-order valence-electron chi connectivity index (χ3n) is 3.83. The maximum Gasteiger partial charge on any atom is 0.392 e. The Labute approximate surface area is 117 Å². The van der Waals surface area contributed by atoms with E-state index in [1.165, 1.54) is 6.20 Å². The fourth-order valence-electron chi connectivity index (χ4n) is 2.81. The third-order valence-corrected chi connectivity index (χ3v) is 3.83. The Kier molecular flexibility index (Phi) is 5.07. The van der Waals surface area contributed by atoms with Gasteiger partial charge in [0.2, 0.25) is 5.89 Å². The summed E-state index contributed by atoms with van der Waals surface area (Å²) in [5, 5.41) is 3.13. The van der Waals surface area contributed by atoms with Crippen molar-refractivity contribution in [3.05, 3.63) is 17.8 Å². The molecule has 1 N–H and O–H groups in total. The minimum Gasteiger partial charge on any atom is -0.444 e. The van der Waals surface area contributed by atoms with Crippen LogP contribution in [0.5, 0.6) is 0 Å². The van der Waals surface area contributed by atoms with Crippen LogP contribution in [0.1, 0.15) is 56.6 Å². The first kappa shape index (κ1) is 15.4. The molecule has 0 amide bonds. The lowest BCUT2D eigenvalue weighted by Crippen LogP contribution is -2.31. The van der Waals surface area contributed by atoms with E-state index in [0.29, 0.717) is 31.0 Å². The predicted molar refractivity (Wildman–Crippen MR) is 69.3 cm³/mol. The summed E-state index contributed by atoms with van der Waals surface area (Å²) in [5.41, 5.74) is 0. The molecule has 1 fully saturated rings. The number of alkyl halides is 3. The highest BCUT2D eigenvalue weighted by atomic mass is 19.4. The molecule has 0 radical (unpaired) electrons. The van der Waals surface area contributed by atoms with E-state index < -0.39 is 18.0 Å². The highest BCUT2D eigenvalue weighted by Gasteiger charge is 2.47. The zero-order valence-electron chi connectivity index (χ0n) is 11.7. The van der Waals surface area contributed by atoms with Crippen LogP contribution in [-0.4, -0.2) is 17.7 Å². The average molecular weight is 290 g/mol. The van der Waals surface area contributed by atoms with Gasteiger partial charge < -0.3 is 9.73 Å². The Morgan fingerprint density at radius 2 is 2.10 bits per heavy atom. The van der Waals surface area contributed by atoms with Crippen molar-refractivity contribution in [2.45, 2.75) is 57.7 Å². The van der Waals surface area contributed by atoms with Gasteiger partial charge in [-0.05, 0) is 25.8 Å². The molecule has 6 heteroatoms. The Hall–Kier alpha value is -1.04. The van der Waals surface area contributed by atoms with Crippen molar-refractivity contribution < 1.29 is 17.6 Å².